The molecule has 0 aliphatic heterocycles. The van der Waals surface area contributed by atoms with Gasteiger partial charge in [-0.1, -0.05) is 64.1 Å². The average Bonchev–Trinajstić information content (AvgIpc) is 2.53. The largest absolute Gasteiger partial charge is 0.489 e. The lowest BCUT2D eigenvalue weighted by atomic mass is 10.0. The Morgan fingerprint density at radius 1 is 1.08 bits per heavy atom. The van der Waals surface area contributed by atoms with Gasteiger partial charge in [0.15, 0.2) is 0 Å². The normalized spacial score (nSPS) is 9.29. The van der Waals surface area contributed by atoms with Crippen molar-refractivity contribution in [2.45, 2.75) is 54.1 Å². The highest BCUT2D eigenvalue weighted by atomic mass is 16.5. The smallest absolute Gasteiger partial charge is 0.303 e. The number of carboxylic acid groups (broad SMARTS) is 1. The number of hydrogen-bond acceptors (Lipinski definition) is 2. The SMILES string of the molecule is C.CCC.Cc1cc(OCc2ccccc2)ccc1CCC(=O)O. The highest BCUT2D eigenvalue weighted by molar-refractivity contribution is 5.67. The average molecular weight is 330 g/mol. The Bertz CT molecular complexity index is 591. The van der Waals surface area contributed by atoms with E-state index in [0.29, 0.717) is 13.0 Å². The molecule has 0 unspecified atom stereocenters. The van der Waals surface area contributed by atoms with E-state index < -0.39 is 5.97 Å². The molecule has 0 aliphatic rings. The molecule has 3 heteroatoms. The molecule has 2 rings (SSSR count). The van der Waals surface area contributed by atoms with Gasteiger partial charge in [0.1, 0.15) is 12.4 Å². The van der Waals surface area contributed by atoms with Crippen LogP contribution in [0.25, 0.3) is 0 Å². The highest BCUT2D eigenvalue weighted by Crippen LogP contribution is 2.19. The number of benzene rings is 2. The molecule has 0 heterocycles. The molecular formula is C21H30O3. The number of rotatable bonds is 6. The van der Waals surface area contributed by atoms with Crippen LogP contribution >= 0.6 is 0 Å². The summed E-state index contributed by atoms with van der Waals surface area (Å²) in [4.78, 5) is 10.6. The van der Waals surface area contributed by atoms with Crippen molar-refractivity contribution in [3.63, 3.8) is 0 Å². The van der Waals surface area contributed by atoms with Crippen LogP contribution in [0, 0.1) is 6.92 Å². The van der Waals surface area contributed by atoms with Gasteiger partial charge in [-0.05, 0) is 42.2 Å². The van der Waals surface area contributed by atoms with Gasteiger partial charge in [-0.2, -0.15) is 0 Å². The van der Waals surface area contributed by atoms with Crippen LogP contribution in [0.15, 0.2) is 48.5 Å². The molecule has 1 N–H and O–H groups in total. The lowest BCUT2D eigenvalue weighted by molar-refractivity contribution is -0.136. The molecule has 0 saturated carbocycles. The molecule has 0 aromatic heterocycles. The zero-order valence-corrected chi connectivity index (χ0v) is 14.2. The summed E-state index contributed by atoms with van der Waals surface area (Å²) >= 11 is 0. The van der Waals surface area contributed by atoms with E-state index in [4.69, 9.17) is 9.84 Å². The monoisotopic (exact) mass is 330 g/mol. The summed E-state index contributed by atoms with van der Waals surface area (Å²) in [6.45, 7) is 6.77. The second kappa shape index (κ2) is 12.2. The molecule has 132 valence electrons. The third-order valence-corrected chi connectivity index (χ3v) is 3.17. The summed E-state index contributed by atoms with van der Waals surface area (Å²) in [6.07, 6.45) is 1.96. The minimum Gasteiger partial charge on any atom is -0.489 e. The first-order valence-corrected chi connectivity index (χ1v) is 8.04. The molecular weight excluding hydrogens is 300 g/mol. The lowest BCUT2D eigenvalue weighted by Gasteiger charge is -2.10. The quantitative estimate of drug-likeness (QED) is 0.745. The van der Waals surface area contributed by atoms with E-state index in [1.807, 2.05) is 55.5 Å². The Labute approximate surface area is 146 Å². The van der Waals surface area contributed by atoms with Crippen molar-refractivity contribution < 1.29 is 14.6 Å². The molecule has 2 aromatic carbocycles. The van der Waals surface area contributed by atoms with Crippen molar-refractivity contribution in [1.82, 2.24) is 0 Å². The van der Waals surface area contributed by atoms with Gasteiger partial charge < -0.3 is 9.84 Å². The van der Waals surface area contributed by atoms with Crippen LogP contribution in [-0.4, -0.2) is 11.1 Å². The van der Waals surface area contributed by atoms with Gasteiger partial charge in [0, 0.05) is 6.42 Å². The first kappa shape index (κ1) is 21.7. The van der Waals surface area contributed by atoms with Crippen molar-refractivity contribution in [1.29, 1.82) is 0 Å². The van der Waals surface area contributed by atoms with Crippen molar-refractivity contribution in [3.8, 4) is 5.75 Å². The predicted octanol–water partition coefficient (Wildman–Crippen LogP) is 5.64. The molecule has 0 amide bonds. The maximum absolute atomic E-state index is 10.6. The van der Waals surface area contributed by atoms with Gasteiger partial charge in [0.2, 0.25) is 0 Å². The molecule has 0 saturated heterocycles. The Kier molecular flexibility index (Phi) is 11.0. The fraction of sp³-hybridized carbons (Fsp3) is 0.381. The van der Waals surface area contributed by atoms with Crippen LogP contribution in [0.5, 0.6) is 5.75 Å². The second-order valence-corrected chi connectivity index (χ2v) is 5.46. The van der Waals surface area contributed by atoms with E-state index in [2.05, 4.69) is 13.8 Å². The lowest BCUT2D eigenvalue weighted by Crippen LogP contribution is -2.00. The van der Waals surface area contributed by atoms with Gasteiger partial charge in [-0.3, -0.25) is 4.79 Å². The fourth-order valence-corrected chi connectivity index (χ4v) is 2.02. The zero-order valence-electron chi connectivity index (χ0n) is 14.2. The summed E-state index contributed by atoms with van der Waals surface area (Å²) in [5, 5.41) is 8.71. The minimum atomic E-state index is -0.770. The zero-order chi connectivity index (χ0) is 17.1. The third kappa shape index (κ3) is 8.37. The number of ether oxygens (including phenoxy) is 1. The molecule has 0 fully saturated rings. The number of carboxylic acids is 1. The number of carbonyl (C=O) groups is 1. The molecule has 0 spiro atoms. The summed E-state index contributed by atoms with van der Waals surface area (Å²) in [5.41, 5.74) is 3.25. The molecule has 24 heavy (non-hydrogen) atoms. The van der Waals surface area contributed by atoms with Crippen LogP contribution in [0.2, 0.25) is 0 Å². The van der Waals surface area contributed by atoms with Crippen LogP contribution in [0.3, 0.4) is 0 Å². The molecule has 0 atom stereocenters. The maximum atomic E-state index is 10.6. The van der Waals surface area contributed by atoms with Gasteiger partial charge >= 0.3 is 5.97 Å². The first-order valence-electron chi connectivity index (χ1n) is 8.04. The topological polar surface area (TPSA) is 46.5 Å². The van der Waals surface area contributed by atoms with Crippen molar-refractivity contribution >= 4 is 5.97 Å². The highest BCUT2D eigenvalue weighted by Gasteiger charge is 2.04. The van der Waals surface area contributed by atoms with Crippen molar-refractivity contribution in [3.05, 3.63) is 65.2 Å². The minimum absolute atomic E-state index is 0. The van der Waals surface area contributed by atoms with Crippen LogP contribution in [-0.2, 0) is 17.8 Å². The molecule has 2 aromatic rings. The van der Waals surface area contributed by atoms with E-state index in [1.54, 1.807) is 0 Å². The Morgan fingerprint density at radius 3 is 2.25 bits per heavy atom. The van der Waals surface area contributed by atoms with Gasteiger partial charge in [-0.25, -0.2) is 0 Å². The number of aryl methyl sites for hydroxylation is 2. The summed E-state index contributed by atoms with van der Waals surface area (Å²) in [7, 11) is 0. The Hall–Kier alpha value is -2.29. The van der Waals surface area contributed by atoms with E-state index in [-0.39, 0.29) is 13.8 Å². The van der Waals surface area contributed by atoms with E-state index in [1.165, 1.54) is 6.42 Å². The van der Waals surface area contributed by atoms with Crippen molar-refractivity contribution in [2.24, 2.45) is 0 Å². The Balaban J connectivity index is 0.00000123. The molecule has 3 nitrogen and oxygen atoms in total. The fourth-order valence-electron chi connectivity index (χ4n) is 2.02. The second-order valence-electron chi connectivity index (χ2n) is 5.46. The van der Waals surface area contributed by atoms with Crippen LogP contribution in [0.1, 0.15) is 50.8 Å². The summed E-state index contributed by atoms with van der Waals surface area (Å²) in [6, 6.07) is 15.8. The van der Waals surface area contributed by atoms with E-state index in [9.17, 15) is 4.79 Å². The van der Waals surface area contributed by atoms with Gasteiger partial charge in [0.05, 0.1) is 0 Å². The van der Waals surface area contributed by atoms with Crippen LogP contribution in [0.4, 0.5) is 0 Å². The van der Waals surface area contributed by atoms with Crippen LogP contribution < -0.4 is 4.74 Å². The number of hydrogen-bond donors (Lipinski definition) is 1. The maximum Gasteiger partial charge on any atom is 0.303 e. The molecule has 0 aliphatic carbocycles. The van der Waals surface area contributed by atoms with Gasteiger partial charge in [0.25, 0.3) is 0 Å². The summed E-state index contributed by atoms with van der Waals surface area (Å²) < 4.78 is 5.74. The molecule has 0 radical (unpaired) electrons. The van der Waals surface area contributed by atoms with E-state index >= 15 is 0 Å². The van der Waals surface area contributed by atoms with Crippen molar-refractivity contribution in [2.75, 3.05) is 0 Å². The third-order valence-electron chi connectivity index (χ3n) is 3.17. The predicted molar refractivity (Wildman–Crippen MR) is 101 cm³/mol. The Morgan fingerprint density at radius 2 is 1.71 bits per heavy atom. The molecule has 0 bridgehead atoms. The first-order chi connectivity index (χ1) is 11.1. The number of aliphatic carboxylic acids is 1. The van der Waals surface area contributed by atoms with E-state index in [0.717, 1.165) is 22.4 Å². The summed E-state index contributed by atoms with van der Waals surface area (Å²) in [5.74, 6) is 0.0410. The standard InChI is InChI=1S/C17H18O3.C3H8.CH4/c1-13-11-16(9-7-15(13)8-10-17(18)19)20-12-14-5-3-2-4-6-14;1-3-2;/h2-7,9,11H,8,10,12H2,1H3,(H,18,19);3H2,1-2H3;1H4. The van der Waals surface area contributed by atoms with Gasteiger partial charge in [-0.15, -0.1) is 0 Å².